The first kappa shape index (κ1) is 14.1. The summed E-state index contributed by atoms with van der Waals surface area (Å²) in [6.07, 6.45) is -2.96. The Morgan fingerprint density at radius 2 is 1.63 bits per heavy atom. The topological polar surface area (TPSA) is 26.0 Å². The van der Waals surface area contributed by atoms with Gasteiger partial charge in [-0.25, -0.2) is 0 Å². The van der Waals surface area contributed by atoms with Crippen molar-refractivity contribution in [1.82, 2.24) is 0 Å². The van der Waals surface area contributed by atoms with E-state index in [1.54, 1.807) is 11.3 Å². The lowest BCUT2D eigenvalue weighted by atomic mass is 10.0. The summed E-state index contributed by atoms with van der Waals surface area (Å²) in [6, 6.07) is 7.13. The molecule has 1 aromatic heterocycles. The van der Waals surface area contributed by atoms with E-state index in [0.717, 1.165) is 24.1 Å². The van der Waals surface area contributed by atoms with E-state index >= 15 is 0 Å². The first-order valence-electron chi connectivity index (χ1n) is 5.88. The summed E-state index contributed by atoms with van der Waals surface area (Å²) in [5.74, 6) is 0. The number of nitrogens with two attached hydrogens (primary N) is 1. The molecule has 0 spiro atoms. The molecule has 1 aromatic carbocycles. The predicted molar refractivity (Wildman–Crippen MR) is 71.1 cm³/mol. The number of rotatable bonds is 4. The Kier molecular flexibility index (Phi) is 4.27. The Hall–Kier alpha value is -1.33. The zero-order chi connectivity index (χ0) is 13.9. The van der Waals surface area contributed by atoms with Crippen LogP contribution in [-0.2, 0) is 19.0 Å². The second-order valence-corrected chi connectivity index (χ2v) is 5.27. The third kappa shape index (κ3) is 4.08. The molecule has 1 unspecified atom stereocenters. The molecule has 2 N–H and O–H groups in total. The van der Waals surface area contributed by atoms with Gasteiger partial charge in [0.2, 0.25) is 0 Å². The van der Waals surface area contributed by atoms with Crippen LogP contribution in [0.4, 0.5) is 13.2 Å². The minimum atomic E-state index is -4.28. The lowest BCUT2D eigenvalue weighted by Gasteiger charge is -2.12. The van der Waals surface area contributed by atoms with Crippen LogP contribution in [0.2, 0.25) is 0 Å². The molecule has 2 rings (SSSR count). The lowest BCUT2D eigenvalue weighted by Crippen LogP contribution is -2.25. The third-order valence-corrected chi connectivity index (χ3v) is 3.59. The Morgan fingerprint density at radius 3 is 2.16 bits per heavy atom. The molecule has 19 heavy (non-hydrogen) atoms. The summed E-state index contributed by atoms with van der Waals surface area (Å²) in [5.41, 5.74) is 7.38. The van der Waals surface area contributed by atoms with Crippen molar-refractivity contribution in [2.45, 2.75) is 25.1 Å². The number of hydrogen-bond donors (Lipinski definition) is 1. The van der Waals surface area contributed by atoms with E-state index in [1.807, 2.05) is 16.8 Å². The van der Waals surface area contributed by atoms with Gasteiger partial charge in [0.1, 0.15) is 0 Å². The van der Waals surface area contributed by atoms with Gasteiger partial charge in [-0.2, -0.15) is 24.5 Å². The molecule has 2 aromatic rings. The average molecular weight is 285 g/mol. The van der Waals surface area contributed by atoms with Crippen LogP contribution in [0, 0.1) is 0 Å². The predicted octanol–water partition coefficient (Wildman–Crippen LogP) is 3.88. The van der Waals surface area contributed by atoms with Gasteiger partial charge in [-0.1, -0.05) is 12.1 Å². The van der Waals surface area contributed by atoms with E-state index < -0.39 is 11.7 Å². The van der Waals surface area contributed by atoms with Crippen LogP contribution in [0.5, 0.6) is 0 Å². The summed E-state index contributed by atoms with van der Waals surface area (Å²) >= 11 is 1.61. The molecule has 0 fully saturated rings. The molecule has 1 nitrogen and oxygen atoms in total. The molecular weight excluding hydrogens is 271 g/mol. The highest BCUT2D eigenvalue weighted by molar-refractivity contribution is 7.07. The Bertz CT molecular complexity index is 502. The maximum Gasteiger partial charge on any atom is 0.416 e. The van der Waals surface area contributed by atoms with Crippen LogP contribution < -0.4 is 5.73 Å². The zero-order valence-corrected chi connectivity index (χ0v) is 11.0. The molecular formula is C14H14F3NS. The Balaban J connectivity index is 1.96. The van der Waals surface area contributed by atoms with Crippen molar-refractivity contribution < 1.29 is 13.2 Å². The highest BCUT2D eigenvalue weighted by Crippen LogP contribution is 2.29. The smallest absolute Gasteiger partial charge is 0.327 e. The van der Waals surface area contributed by atoms with Crippen molar-refractivity contribution in [2.24, 2.45) is 5.73 Å². The second-order valence-electron chi connectivity index (χ2n) is 4.49. The van der Waals surface area contributed by atoms with Crippen molar-refractivity contribution in [3.05, 3.63) is 57.8 Å². The van der Waals surface area contributed by atoms with Crippen LogP contribution in [0.15, 0.2) is 41.1 Å². The molecule has 102 valence electrons. The van der Waals surface area contributed by atoms with E-state index in [2.05, 4.69) is 0 Å². The van der Waals surface area contributed by atoms with Gasteiger partial charge in [-0.3, -0.25) is 0 Å². The molecule has 0 radical (unpaired) electrons. The van der Waals surface area contributed by atoms with E-state index in [4.69, 9.17) is 5.73 Å². The number of alkyl halides is 3. The fourth-order valence-electron chi connectivity index (χ4n) is 1.92. The third-order valence-electron chi connectivity index (χ3n) is 2.86. The zero-order valence-electron chi connectivity index (χ0n) is 10.2. The molecule has 0 aliphatic heterocycles. The van der Waals surface area contributed by atoms with E-state index in [1.165, 1.54) is 17.7 Å². The molecule has 0 saturated carbocycles. The van der Waals surface area contributed by atoms with Gasteiger partial charge in [0.15, 0.2) is 0 Å². The Labute approximate surface area is 113 Å². The molecule has 0 aliphatic carbocycles. The van der Waals surface area contributed by atoms with Crippen LogP contribution in [0.3, 0.4) is 0 Å². The van der Waals surface area contributed by atoms with Gasteiger partial charge < -0.3 is 5.73 Å². The summed E-state index contributed by atoms with van der Waals surface area (Å²) in [4.78, 5) is 0. The van der Waals surface area contributed by atoms with Gasteiger partial charge in [0.05, 0.1) is 5.56 Å². The quantitative estimate of drug-likeness (QED) is 0.906. The molecule has 0 bridgehead atoms. The second kappa shape index (κ2) is 5.75. The first-order chi connectivity index (χ1) is 8.95. The van der Waals surface area contributed by atoms with Crippen molar-refractivity contribution in [3.63, 3.8) is 0 Å². The average Bonchev–Trinajstić information content (AvgIpc) is 2.81. The molecule has 5 heteroatoms. The van der Waals surface area contributed by atoms with Crippen LogP contribution >= 0.6 is 11.3 Å². The largest absolute Gasteiger partial charge is 0.416 e. The molecule has 0 saturated heterocycles. The number of benzene rings is 1. The first-order valence-corrected chi connectivity index (χ1v) is 6.82. The SMILES string of the molecule is NC(Cc1ccc(C(F)(F)F)cc1)Cc1ccsc1. The minimum Gasteiger partial charge on any atom is -0.327 e. The van der Waals surface area contributed by atoms with Crippen LogP contribution in [-0.4, -0.2) is 6.04 Å². The van der Waals surface area contributed by atoms with Crippen molar-refractivity contribution in [2.75, 3.05) is 0 Å². The molecule has 1 heterocycles. The summed E-state index contributed by atoms with van der Waals surface area (Å²) in [7, 11) is 0. The highest BCUT2D eigenvalue weighted by Gasteiger charge is 2.29. The maximum absolute atomic E-state index is 12.4. The fourth-order valence-corrected chi connectivity index (χ4v) is 2.60. The van der Waals surface area contributed by atoms with E-state index in [-0.39, 0.29) is 6.04 Å². The molecule has 1 atom stereocenters. The summed E-state index contributed by atoms with van der Waals surface area (Å²) in [6.45, 7) is 0. The minimum absolute atomic E-state index is 0.0775. The molecule has 0 amide bonds. The monoisotopic (exact) mass is 285 g/mol. The Morgan fingerprint density at radius 1 is 1.00 bits per heavy atom. The summed E-state index contributed by atoms with van der Waals surface area (Å²) in [5, 5.41) is 4.02. The van der Waals surface area contributed by atoms with Crippen molar-refractivity contribution in [1.29, 1.82) is 0 Å². The van der Waals surface area contributed by atoms with E-state index in [0.29, 0.717) is 6.42 Å². The van der Waals surface area contributed by atoms with Gasteiger partial charge in [0.25, 0.3) is 0 Å². The van der Waals surface area contributed by atoms with Crippen LogP contribution in [0.25, 0.3) is 0 Å². The maximum atomic E-state index is 12.4. The van der Waals surface area contributed by atoms with Gasteiger partial charge in [-0.05, 0) is 52.9 Å². The van der Waals surface area contributed by atoms with Crippen molar-refractivity contribution in [3.8, 4) is 0 Å². The van der Waals surface area contributed by atoms with E-state index in [9.17, 15) is 13.2 Å². The number of thiophene rings is 1. The fraction of sp³-hybridized carbons (Fsp3) is 0.286. The van der Waals surface area contributed by atoms with Gasteiger partial charge in [-0.15, -0.1) is 0 Å². The van der Waals surface area contributed by atoms with Gasteiger partial charge >= 0.3 is 6.18 Å². The van der Waals surface area contributed by atoms with Crippen molar-refractivity contribution >= 4 is 11.3 Å². The van der Waals surface area contributed by atoms with Crippen LogP contribution in [0.1, 0.15) is 16.7 Å². The summed E-state index contributed by atoms with van der Waals surface area (Å²) < 4.78 is 37.2. The number of hydrogen-bond acceptors (Lipinski definition) is 2. The highest BCUT2D eigenvalue weighted by atomic mass is 32.1. The normalized spacial score (nSPS) is 13.5. The molecule has 0 aliphatic rings. The lowest BCUT2D eigenvalue weighted by molar-refractivity contribution is -0.137. The van der Waals surface area contributed by atoms with Gasteiger partial charge in [0, 0.05) is 6.04 Å². The standard InChI is InChI=1S/C14H14F3NS/c15-14(16,17)12-3-1-10(2-4-12)7-13(18)8-11-5-6-19-9-11/h1-6,9,13H,7-8,18H2. The number of halogens is 3.